The van der Waals surface area contributed by atoms with Gasteiger partial charge in [0.1, 0.15) is 17.3 Å². The lowest BCUT2D eigenvalue weighted by Gasteiger charge is -2.23. The van der Waals surface area contributed by atoms with Gasteiger partial charge in [0.2, 0.25) is 6.79 Å². The molecule has 2 aliphatic rings. The third kappa shape index (κ3) is 2.68. The summed E-state index contributed by atoms with van der Waals surface area (Å²) in [5, 5.41) is 9.02. The Labute approximate surface area is 159 Å². The van der Waals surface area contributed by atoms with Gasteiger partial charge in [-0.3, -0.25) is 4.79 Å². The summed E-state index contributed by atoms with van der Waals surface area (Å²) < 4.78 is 22.2. The monoisotopic (exact) mass is 378 g/mol. The Morgan fingerprint density at radius 2 is 1.71 bits per heavy atom. The maximum absolute atomic E-state index is 12.1. The van der Waals surface area contributed by atoms with Crippen molar-refractivity contribution in [2.45, 2.75) is 12.3 Å². The van der Waals surface area contributed by atoms with Crippen molar-refractivity contribution in [2.75, 3.05) is 6.79 Å². The van der Waals surface area contributed by atoms with Crippen LogP contribution in [0.5, 0.6) is 17.2 Å². The molecule has 7 nitrogen and oxygen atoms in total. The van der Waals surface area contributed by atoms with Crippen LogP contribution in [0, 0.1) is 0 Å². The van der Waals surface area contributed by atoms with Crippen molar-refractivity contribution in [3.63, 3.8) is 0 Å². The molecule has 1 aromatic heterocycles. The lowest BCUT2D eigenvalue weighted by Crippen LogP contribution is -2.20. The van der Waals surface area contributed by atoms with Gasteiger partial charge >= 0.3 is 11.9 Å². The summed E-state index contributed by atoms with van der Waals surface area (Å²) in [7, 11) is 0. The molecule has 0 radical (unpaired) electrons. The number of benzene rings is 2. The average Bonchev–Trinajstić information content (AvgIpc) is 3.35. The fourth-order valence-electron chi connectivity index (χ4n) is 3.47. The van der Waals surface area contributed by atoms with Crippen LogP contribution in [0.25, 0.3) is 11.3 Å². The van der Waals surface area contributed by atoms with E-state index in [0.29, 0.717) is 28.8 Å². The van der Waals surface area contributed by atoms with E-state index in [1.807, 2.05) is 12.1 Å². The van der Waals surface area contributed by atoms with Crippen molar-refractivity contribution in [3.05, 3.63) is 65.4 Å². The number of hydrogen-bond donors (Lipinski definition) is 1. The molecule has 2 aliphatic heterocycles. The molecule has 2 aromatic carbocycles. The Morgan fingerprint density at radius 1 is 0.964 bits per heavy atom. The summed E-state index contributed by atoms with van der Waals surface area (Å²) in [6.07, 6.45) is 0.150. The van der Waals surface area contributed by atoms with Crippen LogP contribution >= 0.6 is 0 Å². The standard InChI is InChI=1S/C21H14O7/c22-20-8-14(13-7-18-19(26-10-25-18)9-17(13)28-20)16-6-5-15(27-16)11-1-3-12(4-2-11)21(23)24/h1-7,9,14H,8,10H2,(H,23,24). The van der Waals surface area contributed by atoms with Crippen LogP contribution < -0.4 is 14.2 Å². The van der Waals surface area contributed by atoms with Crippen LogP contribution in [-0.4, -0.2) is 23.8 Å². The first kappa shape index (κ1) is 16.4. The zero-order valence-electron chi connectivity index (χ0n) is 14.5. The molecule has 0 bridgehead atoms. The Morgan fingerprint density at radius 3 is 2.46 bits per heavy atom. The fourth-order valence-corrected chi connectivity index (χ4v) is 3.47. The van der Waals surface area contributed by atoms with Crippen molar-refractivity contribution in [1.29, 1.82) is 0 Å². The Bertz CT molecular complexity index is 1090. The Kier molecular flexibility index (Phi) is 3.61. The molecule has 0 spiro atoms. The van der Waals surface area contributed by atoms with E-state index in [1.165, 1.54) is 12.1 Å². The Balaban J connectivity index is 1.51. The minimum absolute atomic E-state index is 0.133. The second kappa shape index (κ2) is 6.16. The van der Waals surface area contributed by atoms with Gasteiger partial charge in [0.25, 0.3) is 0 Å². The lowest BCUT2D eigenvalue weighted by atomic mass is 9.90. The molecule has 5 rings (SSSR count). The van der Waals surface area contributed by atoms with Gasteiger partial charge < -0.3 is 23.7 Å². The average molecular weight is 378 g/mol. The van der Waals surface area contributed by atoms with E-state index < -0.39 is 5.97 Å². The summed E-state index contributed by atoms with van der Waals surface area (Å²) >= 11 is 0. The van der Waals surface area contributed by atoms with E-state index in [-0.39, 0.29) is 30.7 Å². The van der Waals surface area contributed by atoms with Crippen molar-refractivity contribution in [1.82, 2.24) is 0 Å². The fraction of sp³-hybridized carbons (Fsp3) is 0.143. The summed E-state index contributed by atoms with van der Waals surface area (Å²) in [5.74, 6) is 1.17. The molecule has 1 atom stereocenters. The first-order chi connectivity index (χ1) is 13.6. The molecule has 0 aliphatic carbocycles. The number of carbonyl (C=O) groups is 2. The number of carboxylic acid groups (broad SMARTS) is 1. The van der Waals surface area contributed by atoms with Crippen molar-refractivity contribution in [2.24, 2.45) is 0 Å². The molecule has 7 heteroatoms. The summed E-state index contributed by atoms with van der Waals surface area (Å²) in [6, 6.07) is 13.5. The van der Waals surface area contributed by atoms with Crippen LogP contribution in [0.1, 0.15) is 34.0 Å². The normalized spacial score (nSPS) is 17.1. The van der Waals surface area contributed by atoms with E-state index in [1.54, 1.807) is 24.3 Å². The Hall–Kier alpha value is -3.74. The van der Waals surface area contributed by atoms with Gasteiger partial charge in [0.05, 0.1) is 17.9 Å². The third-order valence-electron chi connectivity index (χ3n) is 4.86. The highest BCUT2D eigenvalue weighted by atomic mass is 16.7. The van der Waals surface area contributed by atoms with Crippen molar-refractivity contribution < 1.29 is 33.3 Å². The number of carbonyl (C=O) groups excluding carboxylic acids is 1. The summed E-state index contributed by atoms with van der Waals surface area (Å²) in [6.45, 7) is 0.133. The van der Waals surface area contributed by atoms with Crippen molar-refractivity contribution >= 4 is 11.9 Å². The number of hydrogen-bond acceptors (Lipinski definition) is 6. The van der Waals surface area contributed by atoms with Gasteiger partial charge in [0, 0.05) is 17.2 Å². The number of carboxylic acids is 1. The van der Waals surface area contributed by atoms with Gasteiger partial charge in [-0.05, 0) is 30.3 Å². The smallest absolute Gasteiger partial charge is 0.335 e. The predicted octanol–water partition coefficient (Wildman–Crippen LogP) is 3.81. The third-order valence-corrected chi connectivity index (χ3v) is 4.86. The second-order valence-electron chi connectivity index (χ2n) is 6.56. The van der Waals surface area contributed by atoms with E-state index in [2.05, 4.69) is 0 Å². The largest absolute Gasteiger partial charge is 0.478 e. The zero-order chi connectivity index (χ0) is 19.3. The molecule has 0 saturated heterocycles. The van der Waals surface area contributed by atoms with Gasteiger partial charge in [-0.2, -0.15) is 0 Å². The summed E-state index contributed by atoms with van der Waals surface area (Å²) in [5.41, 5.74) is 1.75. The second-order valence-corrected chi connectivity index (χ2v) is 6.56. The molecule has 0 saturated carbocycles. The van der Waals surface area contributed by atoms with Crippen LogP contribution in [0.15, 0.2) is 52.9 Å². The topological polar surface area (TPSA) is 95.2 Å². The molecule has 28 heavy (non-hydrogen) atoms. The van der Waals surface area contributed by atoms with Crippen LogP contribution in [0.3, 0.4) is 0 Å². The van der Waals surface area contributed by atoms with Crippen LogP contribution in [-0.2, 0) is 4.79 Å². The number of fused-ring (bicyclic) bond motifs is 2. The molecule has 0 amide bonds. The molecule has 1 N–H and O–H groups in total. The van der Waals surface area contributed by atoms with Gasteiger partial charge in [-0.1, -0.05) is 12.1 Å². The predicted molar refractivity (Wildman–Crippen MR) is 95.8 cm³/mol. The molecule has 0 fully saturated rings. The van der Waals surface area contributed by atoms with Gasteiger partial charge in [0.15, 0.2) is 11.5 Å². The first-order valence-corrected chi connectivity index (χ1v) is 8.66. The minimum atomic E-state index is -0.984. The highest BCUT2D eigenvalue weighted by Crippen LogP contribution is 2.46. The highest BCUT2D eigenvalue weighted by molar-refractivity contribution is 5.88. The molecule has 3 heterocycles. The van der Waals surface area contributed by atoms with Crippen LogP contribution in [0.4, 0.5) is 0 Å². The molecule has 140 valence electrons. The minimum Gasteiger partial charge on any atom is -0.478 e. The molecular formula is C21H14O7. The van der Waals surface area contributed by atoms with Gasteiger partial charge in [-0.15, -0.1) is 0 Å². The van der Waals surface area contributed by atoms with Crippen molar-refractivity contribution in [3.8, 4) is 28.6 Å². The maximum atomic E-state index is 12.1. The number of rotatable bonds is 3. The number of ether oxygens (including phenoxy) is 3. The number of aromatic carboxylic acids is 1. The molecule has 1 unspecified atom stereocenters. The maximum Gasteiger partial charge on any atom is 0.335 e. The first-order valence-electron chi connectivity index (χ1n) is 8.66. The van der Waals surface area contributed by atoms with Crippen LogP contribution in [0.2, 0.25) is 0 Å². The van der Waals surface area contributed by atoms with Gasteiger partial charge in [-0.25, -0.2) is 4.79 Å². The quantitative estimate of drug-likeness (QED) is 0.547. The molecular weight excluding hydrogens is 364 g/mol. The van der Waals surface area contributed by atoms with E-state index in [9.17, 15) is 9.59 Å². The lowest BCUT2D eigenvalue weighted by molar-refractivity contribution is -0.135. The zero-order valence-corrected chi connectivity index (χ0v) is 14.5. The highest BCUT2D eigenvalue weighted by Gasteiger charge is 2.33. The van der Waals surface area contributed by atoms with E-state index >= 15 is 0 Å². The van der Waals surface area contributed by atoms with E-state index in [4.69, 9.17) is 23.7 Å². The van der Waals surface area contributed by atoms with E-state index in [0.717, 1.165) is 11.1 Å². The number of furan rings is 1. The summed E-state index contributed by atoms with van der Waals surface area (Å²) in [4.78, 5) is 23.1. The SMILES string of the molecule is O=C1CC(c2ccc(-c3ccc(C(=O)O)cc3)o2)c2cc3c(cc2O1)OCO3. The molecule has 3 aromatic rings. The number of esters is 1.